The van der Waals surface area contributed by atoms with Gasteiger partial charge in [0.2, 0.25) is 0 Å². The number of methoxy groups -OCH3 is 1. The Morgan fingerprint density at radius 2 is 1.96 bits per heavy atom. The predicted molar refractivity (Wildman–Crippen MR) is 88.5 cm³/mol. The average molecular weight is 307 g/mol. The molecule has 3 aromatic rings. The number of aliphatic hydroxyl groups excluding tert-OH is 1. The largest absolute Gasteiger partial charge is 0.497 e. The number of aliphatic hydroxyl groups is 1. The monoisotopic (exact) mass is 307 g/mol. The van der Waals surface area contributed by atoms with Crippen molar-refractivity contribution in [2.45, 2.75) is 6.04 Å². The minimum absolute atomic E-state index is 0.00601. The Bertz CT molecular complexity index is 826. The third kappa shape index (κ3) is 2.09. The number of hydrogen-bond acceptors (Lipinski definition) is 4. The van der Waals surface area contributed by atoms with Gasteiger partial charge in [0.05, 0.1) is 25.4 Å². The van der Waals surface area contributed by atoms with Crippen molar-refractivity contribution in [1.29, 1.82) is 0 Å². The molecule has 1 N–H and O–H groups in total. The first-order chi connectivity index (χ1) is 11.3. The van der Waals surface area contributed by atoms with Crippen LogP contribution in [0.25, 0.3) is 5.69 Å². The van der Waals surface area contributed by atoms with E-state index in [4.69, 9.17) is 4.74 Å². The van der Waals surface area contributed by atoms with Gasteiger partial charge in [-0.25, -0.2) is 4.98 Å². The van der Waals surface area contributed by atoms with Crippen molar-refractivity contribution in [3.05, 3.63) is 66.6 Å². The van der Waals surface area contributed by atoms with E-state index in [2.05, 4.69) is 14.5 Å². The third-order valence-corrected chi connectivity index (χ3v) is 4.21. The lowest BCUT2D eigenvalue weighted by atomic mass is 10.1. The van der Waals surface area contributed by atoms with Crippen LogP contribution in [-0.4, -0.2) is 28.4 Å². The topological polar surface area (TPSA) is 50.5 Å². The van der Waals surface area contributed by atoms with Crippen LogP contribution in [0.3, 0.4) is 0 Å². The second kappa shape index (κ2) is 5.44. The van der Waals surface area contributed by atoms with Gasteiger partial charge in [-0.1, -0.05) is 0 Å². The second-order valence-corrected chi connectivity index (χ2v) is 5.42. The average Bonchev–Trinajstić information content (AvgIpc) is 3.10. The zero-order chi connectivity index (χ0) is 15.8. The van der Waals surface area contributed by atoms with E-state index in [1.165, 1.54) is 0 Å². The number of rotatable bonds is 3. The zero-order valence-electron chi connectivity index (χ0n) is 12.8. The summed E-state index contributed by atoms with van der Waals surface area (Å²) in [6.45, 7) is 0.00601. The first-order valence-corrected chi connectivity index (χ1v) is 7.50. The van der Waals surface area contributed by atoms with Crippen molar-refractivity contribution in [1.82, 2.24) is 9.55 Å². The lowest BCUT2D eigenvalue weighted by molar-refractivity contribution is 0.261. The molecule has 0 saturated heterocycles. The normalized spacial score (nSPS) is 15.9. The lowest BCUT2D eigenvalue weighted by Crippen LogP contribution is -2.33. The van der Waals surface area contributed by atoms with Crippen LogP contribution < -0.4 is 9.64 Å². The van der Waals surface area contributed by atoms with E-state index >= 15 is 0 Å². The molecule has 3 heterocycles. The van der Waals surface area contributed by atoms with E-state index in [1.807, 2.05) is 54.7 Å². The molecule has 1 atom stereocenters. The molecule has 0 radical (unpaired) electrons. The number of anilines is 2. The van der Waals surface area contributed by atoms with E-state index in [1.54, 1.807) is 13.3 Å². The molecule has 1 aliphatic heterocycles. The van der Waals surface area contributed by atoms with Gasteiger partial charge in [-0.3, -0.25) is 0 Å². The van der Waals surface area contributed by atoms with Gasteiger partial charge in [0.15, 0.2) is 5.82 Å². The molecule has 116 valence electrons. The van der Waals surface area contributed by atoms with Gasteiger partial charge < -0.3 is 19.3 Å². The molecule has 0 bridgehead atoms. The maximum absolute atomic E-state index is 10.0. The van der Waals surface area contributed by atoms with Crippen LogP contribution in [-0.2, 0) is 0 Å². The van der Waals surface area contributed by atoms with Gasteiger partial charge in [-0.15, -0.1) is 0 Å². The van der Waals surface area contributed by atoms with Gasteiger partial charge in [-0.2, -0.15) is 0 Å². The zero-order valence-corrected chi connectivity index (χ0v) is 12.8. The molecule has 0 amide bonds. The summed E-state index contributed by atoms with van der Waals surface area (Å²) >= 11 is 0. The summed E-state index contributed by atoms with van der Waals surface area (Å²) in [6, 6.07) is 15.6. The van der Waals surface area contributed by atoms with Gasteiger partial charge >= 0.3 is 0 Å². The van der Waals surface area contributed by atoms with Gasteiger partial charge in [0.1, 0.15) is 5.75 Å². The molecule has 1 aromatic carbocycles. The summed E-state index contributed by atoms with van der Waals surface area (Å²) in [5, 5.41) is 10.0. The molecule has 0 spiro atoms. The van der Waals surface area contributed by atoms with Crippen molar-refractivity contribution < 1.29 is 9.84 Å². The second-order valence-electron chi connectivity index (χ2n) is 5.42. The molecular weight excluding hydrogens is 290 g/mol. The van der Waals surface area contributed by atoms with Crippen LogP contribution >= 0.6 is 0 Å². The highest BCUT2D eigenvalue weighted by Gasteiger charge is 2.32. The maximum Gasteiger partial charge on any atom is 0.158 e. The Morgan fingerprint density at radius 1 is 1.13 bits per heavy atom. The molecule has 0 fully saturated rings. The van der Waals surface area contributed by atoms with Crippen molar-refractivity contribution in [2.75, 3.05) is 18.6 Å². The molecule has 0 unspecified atom stereocenters. The third-order valence-electron chi connectivity index (χ3n) is 4.21. The molecule has 1 aliphatic rings. The standard InChI is InChI=1S/C18H17N3O2/c1-23-14-8-6-13(7-9-14)21-17(12-22)15-5-3-11-20(15)16-4-2-10-19-18(16)21/h2-11,17,22H,12H2,1H3/t17-/m0/s1. The van der Waals surface area contributed by atoms with Crippen LogP contribution in [0.5, 0.6) is 5.75 Å². The first-order valence-electron chi connectivity index (χ1n) is 7.50. The number of hydrogen-bond donors (Lipinski definition) is 1. The Kier molecular flexibility index (Phi) is 3.28. The van der Waals surface area contributed by atoms with Gasteiger partial charge in [-0.05, 0) is 48.5 Å². The molecule has 0 saturated carbocycles. The van der Waals surface area contributed by atoms with E-state index < -0.39 is 0 Å². The van der Waals surface area contributed by atoms with Crippen LogP contribution in [0.15, 0.2) is 60.9 Å². The number of benzene rings is 1. The van der Waals surface area contributed by atoms with Crippen LogP contribution in [0.2, 0.25) is 0 Å². The molecule has 5 heteroatoms. The van der Waals surface area contributed by atoms with Crippen LogP contribution in [0.1, 0.15) is 11.7 Å². The molecule has 2 aromatic heterocycles. The fourth-order valence-corrected chi connectivity index (χ4v) is 3.15. The Morgan fingerprint density at radius 3 is 2.70 bits per heavy atom. The Labute approximate surface area is 134 Å². The lowest BCUT2D eigenvalue weighted by Gasteiger charge is -2.37. The fraction of sp³-hybridized carbons (Fsp3) is 0.167. The maximum atomic E-state index is 10.0. The number of nitrogens with zero attached hydrogens (tertiary/aromatic N) is 3. The Hall–Kier alpha value is -2.79. The SMILES string of the molecule is COc1ccc(N2c3ncccc3-n3cccc3[C@@H]2CO)cc1. The molecule has 0 aliphatic carbocycles. The number of aromatic nitrogens is 2. The molecular formula is C18H17N3O2. The van der Waals surface area contributed by atoms with E-state index in [9.17, 15) is 5.11 Å². The molecule has 23 heavy (non-hydrogen) atoms. The molecule has 5 nitrogen and oxygen atoms in total. The van der Waals surface area contributed by atoms with Gasteiger partial charge in [0.25, 0.3) is 0 Å². The summed E-state index contributed by atoms with van der Waals surface area (Å²) in [7, 11) is 1.65. The minimum Gasteiger partial charge on any atom is -0.497 e. The summed E-state index contributed by atoms with van der Waals surface area (Å²) in [6.07, 6.45) is 3.78. The van der Waals surface area contributed by atoms with E-state index in [0.717, 1.165) is 28.6 Å². The quantitative estimate of drug-likeness (QED) is 0.808. The smallest absolute Gasteiger partial charge is 0.158 e. The predicted octanol–water partition coefficient (Wildman–Crippen LogP) is 3.07. The van der Waals surface area contributed by atoms with Crippen LogP contribution in [0, 0.1) is 0 Å². The highest BCUT2D eigenvalue weighted by Crippen LogP contribution is 2.42. The van der Waals surface area contributed by atoms with Crippen molar-refractivity contribution in [3.63, 3.8) is 0 Å². The Balaban J connectivity index is 1.90. The van der Waals surface area contributed by atoms with Gasteiger partial charge in [0, 0.05) is 23.8 Å². The first kappa shape index (κ1) is 13.8. The summed E-state index contributed by atoms with van der Waals surface area (Å²) < 4.78 is 7.32. The van der Waals surface area contributed by atoms with Crippen LogP contribution in [0.4, 0.5) is 11.5 Å². The number of ether oxygens (including phenoxy) is 1. The van der Waals surface area contributed by atoms with Crippen molar-refractivity contribution >= 4 is 11.5 Å². The molecule has 4 rings (SSSR count). The van der Waals surface area contributed by atoms with E-state index in [0.29, 0.717) is 0 Å². The van der Waals surface area contributed by atoms with Crippen molar-refractivity contribution in [2.24, 2.45) is 0 Å². The summed E-state index contributed by atoms with van der Waals surface area (Å²) in [5.74, 6) is 1.64. The minimum atomic E-state index is -0.180. The summed E-state index contributed by atoms with van der Waals surface area (Å²) in [4.78, 5) is 6.63. The fourth-order valence-electron chi connectivity index (χ4n) is 3.15. The van der Waals surface area contributed by atoms with Crippen molar-refractivity contribution in [3.8, 4) is 11.4 Å². The highest BCUT2D eigenvalue weighted by molar-refractivity contribution is 5.72. The highest BCUT2D eigenvalue weighted by atomic mass is 16.5. The van der Waals surface area contributed by atoms with E-state index in [-0.39, 0.29) is 12.6 Å². The number of pyridine rings is 1. The summed E-state index contributed by atoms with van der Waals surface area (Å²) in [5.41, 5.74) is 3.02. The number of fused-ring (bicyclic) bond motifs is 3.